The topological polar surface area (TPSA) is 37.4 Å². The van der Waals surface area contributed by atoms with Gasteiger partial charge in [-0.1, -0.05) is 0 Å². The van der Waals surface area contributed by atoms with E-state index in [0.717, 1.165) is 31.6 Å². The minimum atomic E-state index is -0.0541. The number of hydrogen-bond donors (Lipinski definition) is 0. The van der Waals surface area contributed by atoms with Crippen LogP contribution in [0.4, 0.5) is 0 Å². The predicted molar refractivity (Wildman–Crippen MR) is 57.4 cm³/mol. The molecule has 0 aromatic heterocycles. The van der Waals surface area contributed by atoms with E-state index in [2.05, 4.69) is 4.90 Å². The van der Waals surface area contributed by atoms with Crippen molar-refractivity contribution in [1.29, 1.82) is 0 Å². The molecule has 3 nitrogen and oxygen atoms in total. The third kappa shape index (κ3) is 1.96. The number of carbonyl (C=O) groups excluding carboxylic acids is 2. The maximum atomic E-state index is 11.7. The quantitative estimate of drug-likeness (QED) is 0.646. The Morgan fingerprint density at radius 1 is 1.13 bits per heavy atom. The van der Waals surface area contributed by atoms with Gasteiger partial charge in [-0.2, -0.15) is 0 Å². The highest BCUT2D eigenvalue weighted by Crippen LogP contribution is 2.28. The zero-order valence-corrected chi connectivity index (χ0v) is 9.21. The van der Waals surface area contributed by atoms with Crippen LogP contribution >= 0.6 is 0 Å². The highest BCUT2D eigenvalue weighted by Gasteiger charge is 2.28. The molecule has 0 aromatic rings. The van der Waals surface area contributed by atoms with E-state index in [4.69, 9.17) is 0 Å². The molecular weight excluding hydrogens is 190 g/mol. The van der Waals surface area contributed by atoms with Gasteiger partial charge in [0.05, 0.1) is 5.57 Å². The lowest BCUT2D eigenvalue weighted by Gasteiger charge is -2.27. The number of rotatable bonds is 2. The van der Waals surface area contributed by atoms with Crippen LogP contribution in [0.1, 0.15) is 39.0 Å². The largest absolute Gasteiger partial charge is 0.374 e. The Morgan fingerprint density at radius 2 is 1.80 bits per heavy atom. The van der Waals surface area contributed by atoms with Crippen LogP contribution in [-0.4, -0.2) is 29.6 Å². The zero-order chi connectivity index (χ0) is 10.8. The van der Waals surface area contributed by atoms with Gasteiger partial charge in [0.2, 0.25) is 0 Å². The Morgan fingerprint density at radius 3 is 2.40 bits per heavy atom. The van der Waals surface area contributed by atoms with Gasteiger partial charge in [-0.3, -0.25) is 9.59 Å². The lowest BCUT2D eigenvalue weighted by molar-refractivity contribution is -0.121. The summed E-state index contributed by atoms with van der Waals surface area (Å²) in [5.41, 5.74) is 1.51. The van der Waals surface area contributed by atoms with E-state index in [9.17, 15) is 9.59 Å². The number of carbonyl (C=O) groups is 2. The van der Waals surface area contributed by atoms with E-state index in [-0.39, 0.29) is 11.6 Å². The van der Waals surface area contributed by atoms with Gasteiger partial charge in [-0.15, -0.1) is 0 Å². The van der Waals surface area contributed by atoms with E-state index >= 15 is 0 Å². The Hall–Kier alpha value is -1.12. The summed E-state index contributed by atoms with van der Waals surface area (Å²) in [5.74, 6) is -0.00255. The summed E-state index contributed by atoms with van der Waals surface area (Å²) in [6, 6.07) is 0. The number of nitrogens with zero attached hydrogens (tertiary/aromatic N) is 1. The van der Waals surface area contributed by atoms with Crippen molar-refractivity contribution in [3.63, 3.8) is 0 Å². The van der Waals surface area contributed by atoms with Crippen LogP contribution in [0.3, 0.4) is 0 Å². The molecule has 1 fully saturated rings. The number of ketones is 2. The summed E-state index contributed by atoms with van der Waals surface area (Å²) in [7, 11) is 0. The average molecular weight is 207 g/mol. The minimum absolute atomic E-state index is 0.0515. The first-order valence-electron chi connectivity index (χ1n) is 5.72. The fourth-order valence-electron chi connectivity index (χ4n) is 2.53. The Labute approximate surface area is 90.1 Å². The lowest BCUT2D eigenvalue weighted by atomic mass is 9.92. The first kappa shape index (κ1) is 10.4. The maximum Gasteiger partial charge on any atom is 0.168 e. The van der Waals surface area contributed by atoms with Crippen molar-refractivity contribution in [2.75, 3.05) is 13.1 Å². The molecule has 0 spiro atoms. The van der Waals surface area contributed by atoms with E-state index in [1.165, 1.54) is 19.8 Å². The van der Waals surface area contributed by atoms with Crippen molar-refractivity contribution in [2.24, 2.45) is 0 Å². The smallest absolute Gasteiger partial charge is 0.168 e. The fraction of sp³-hybridized carbons (Fsp3) is 0.667. The normalized spacial score (nSPS) is 22.5. The second kappa shape index (κ2) is 4.17. The molecule has 0 atom stereocenters. The van der Waals surface area contributed by atoms with Crippen LogP contribution < -0.4 is 0 Å². The monoisotopic (exact) mass is 207 g/mol. The van der Waals surface area contributed by atoms with E-state index in [1.54, 1.807) is 0 Å². The summed E-state index contributed by atoms with van der Waals surface area (Å²) < 4.78 is 0. The van der Waals surface area contributed by atoms with Gasteiger partial charge in [0.25, 0.3) is 0 Å². The van der Waals surface area contributed by atoms with Gasteiger partial charge in [-0.05, 0) is 32.6 Å². The fourth-order valence-corrected chi connectivity index (χ4v) is 2.53. The molecule has 1 heterocycles. The molecule has 0 bridgehead atoms. The lowest BCUT2D eigenvalue weighted by Crippen LogP contribution is -2.28. The molecule has 0 radical (unpaired) electrons. The van der Waals surface area contributed by atoms with Gasteiger partial charge in [0.15, 0.2) is 11.6 Å². The van der Waals surface area contributed by atoms with Gasteiger partial charge < -0.3 is 4.90 Å². The van der Waals surface area contributed by atoms with Crippen molar-refractivity contribution < 1.29 is 9.59 Å². The molecule has 0 aromatic carbocycles. The highest BCUT2D eigenvalue weighted by molar-refractivity contribution is 6.20. The van der Waals surface area contributed by atoms with Crippen molar-refractivity contribution in [3.05, 3.63) is 11.3 Å². The summed E-state index contributed by atoms with van der Waals surface area (Å²) in [5, 5.41) is 0. The van der Waals surface area contributed by atoms with Crippen LogP contribution in [0, 0.1) is 0 Å². The molecule has 3 heteroatoms. The molecule has 0 N–H and O–H groups in total. The molecule has 15 heavy (non-hydrogen) atoms. The summed E-state index contributed by atoms with van der Waals surface area (Å²) >= 11 is 0. The first-order valence-corrected chi connectivity index (χ1v) is 5.72. The summed E-state index contributed by atoms with van der Waals surface area (Å²) in [6.07, 6.45) is 4.72. The second-order valence-electron chi connectivity index (χ2n) is 4.35. The molecule has 2 rings (SSSR count). The molecule has 0 saturated carbocycles. The van der Waals surface area contributed by atoms with Crippen LogP contribution in [0.5, 0.6) is 0 Å². The van der Waals surface area contributed by atoms with Gasteiger partial charge >= 0.3 is 0 Å². The summed E-state index contributed by atoms with van der Waals surface area (Å²) in [6.45, 7) is 3.54. The molecule has 1 saturated heterocycles. The third-order valence-electron chi connectivity index (χ3n) is 3.22. The van der Waals surface area contributed by atoms with Crippen LogP contribution in [-0.2, 0) is 9.59 Å². The molecule has 1 aliphatic heterocycles. The molecule has 2 aliphatic rings. The van der Waals surface area contributed by atoms with Crippen molar-refractivity contribution in [2.45, 2.75) is 39.0 Å². The van der Waals surface area contributed by atoms with Crippen LogP contribution in [0.2, 0.25) is 0 Å². The predicted octanol–water partition coefficient (Wildman–Crippen LogP) is 1.68. The third-order valence-corrected chi connectivity index (χ3v) is 3.22. The van der Waals surface area contributed by atoms with Crippen molar-refractivity contribution in [1.82, 2.24) is 4.90 Å². The van der Waals surface area contributed by atoms with E-state index in [0.29, 0.717) is 12.0 Å². The first-order chi connectivity index (χ1) is 7.20. The molecule has 1 aliphatic carbocycles. The molecular formula is C12H17NO2. The van der Waals surface area contributed by atoms with Gasteiger partial charge in [0, 0.05) is 25.2 Å². The maximum absolute atomic E-state index is 11.7. The van der Waals surface area contributed by atoms with Crippen molar-refractivity contribution in [3.8, 4) is 0 Å². The summed E-state index contributed by atoms with van der Waals surface area (Å²) in [4.78, 5) is 25.4. The minimum Gasteiger partial charge on any atom is -0.374 e. The van der Waals surface area contributed by atoms with E-state index in [1.807, 2.05) is 0 Å². The number of allylic oxidation sites excluding steroid dienone is 2. The Balaban J connectivity index is 2.33. The molecule has 82 valence electrons. The highest BCUT2D eigenvalue weighted by atomic mass is 16.1. The Kier molecular flexibility index (Phi) is 2.89. The van der Waals surface area contributed by atoms with Gasteiger partial charge in [0.1, 0.15) is 0 Å². The zero-order valence-electron chi connectivity index (χ0n) is 9.21. The Bertz CT molecular complexity index is 325. The standard InChI is InChI=1S/C12H17NO2/c1-9(14)12-10(5-4-6-11(12)15)13-7-2-3-8-13/h2-8H2,1H3. The average Bonchev–Trinajstić information content (AvgIpc) is 2.69. The number of likely N-dealkylation sites (tertiary alicyclic amines) is 1. The van der Waals surface area contributed by atoms with Crippen molar-refractivity contribution >= 4 is 11.6 Å². The van der Waals surface area contributed by atoms with Crippen LogP contribution in [0.15, 0.2) is 11.3 Å². The number of hydrogen-bond acceptors (Lipinski definition) is 3. The second-order valence-corrected chi connectivity index (χ2v) is 4.35. The number of Topliss-reactive ketones (excluding diaryl/α,β-unsaturated/α-hetero) is 2. The van der Waals surface area contributed by atoms with E-state index < -0.39 is 0 Å². The molecule has 0 amide bonds. The van der Waals surface area contributed by atoms with Crippen LogP contribution in [0.25, 0.3) is 0 Å². The molecule has 0 unspecified atom stereocenters. The SMILES string of the molecule is CC(=O)C1=C(N2CCCC2)CCCC1=O. The van der Waals surface area contributed by atoms with Gasteiger partial charge in [-0.25, -0.2) is 0 Å².